The molecule has 0 saturated heterocycles. The van der Waals surface area contributed by atoms with Gasteiger partial charge in [0, 0.05) is 6.04 Å². The highest BCUT2D eigenvalue weighted by Crippen LogP contribution is 2.36. The molecule has 2 aromatic carbocycles. The van der Waals surface area contributed by atoms with E-state index in [1.165, 1.54) is 18.7 Å². The SMILES string of the molecule is CC(=O)[C@@H](Cc1ccccc1)NC(=O)CSc1nc2ccccc2c(=O)n1C1CC1. The van der Waals surface area contributed by atoms with Gasteiger partial charge in [0.2, 0.25) is 5.91 Å². The number of nitrogens with one attached hydrogen (secondary N) is 1. The minimum atomic E-state index is -0.573. The normalized spacial score (nSPS) is 14.4. The molecule has 30 heavy (non-hydrogen) atoms. The van der Waals surface area contributed by atoms with Crippen molar-refractivity contribution in [2.45, 2.75) is 43.4 Å². The van der Waals surface area contributed by atoms with Gasteiger partial charge in [-0.25, -0.2) is 4.98 Å². The number of fused-ring (bicyclic) bond motifs is 1. The molecule has 0 bridgehead atoms. The van der Waals surface area contributed by atoms with E-state index in [-0.39, 0.29) is 29.0 Å². The Bertz CT molecular complexity index is 1140. The Hall–Kier alpha value is -2.93. The summed E-state index contributed by atoms with van der Waals surface area (Å²) in [5, 5.41) is 3.98. The number of thioether (sulfide) groups is 1. The van der Waals surface area contributed by atoms with Crippen molar-refractivity contribution in [3.63, 3.8) is 0 Å². The van der Waals surface area contributed by atoms with Crippen LogP contribution in [0.2, 0.25) is 0 Å². The van der Waals surface area contributed by atoms with E-state index in [1.807, 2.05) is 48.5 Å². The molecule has 3 aromatic rings. The number of hydrogen-bond donors (Lipinski definition) is 1. The van der Waals surface area contributed by atoms with Crippen LogP contribution in [0.1, 0.15) is 31.4 Å². The molecule has 1 aliphatic rings. The Balaban J connectivity index is 1.48. The van der Waals surface area contributed by atoms with Crippen LogP contribution in [0.3, 0.4) is 0 Å². The highest BCUT2D eigenvalue weighted by atomic mass is 32.2. The summed E-state index contributed by atoms with van der Waals surface area (Å²) in [5.41, 5.74) is 1.56. The van der Waals surface area contributed by atoms with E-state index in [2.05, 4.69) is 10.3 Å². The van der Waals surface area contributed by atoms with Crippen molar-refractivity contribution in [1.82, 2.24) is 14.9 Å². The molecule has 1 aliphatic carbocycles. The van der Waals surface area contributed by atoms with Crippen molar-refractivity contribution >= 4 is 34.4 Å². The van der Waals surface area contributed by atoms with Gasteiger partial charge >= 0.3 is 0 Å². The maximum Gasteiger partial charge on any atom is 0.262 e. The van der Waals surface area contributed by atoms with Gasteiger partial charge < -0.3 is 5.32 Å². The average molecular weight is 422 g/mol. The van der Waals surface area contributed by atoms with Gasteiger partial charge in [0.1, 0.15) is 0 Å². The van der Waals surface area contributed by atoms with Crippen LogP contribution in [-0.4, -0.2) is 33.0 Å². The summed E-state index contributed by atoms with van der Waals surface area (Å²) in [6, 6.07) is 16.5. The van der Waals surface area contributed by atoms with Crippen molar-refractivity contribution in [1.29, 1.82) is 0 Å². The van der Waals surface area contributed by atoms with Crippen LogP contribution < -0.4 is 10.9 Å². The molecule has 0 unspecified atom stereocenters. The lowest BCUT2D eigenvalue weighted by Crippen LogP contribution is -2.42. The fourth-order valence-corrected chi connectivity index (χ4v) is 4.27. The Labute approximate surface area is 178 Å². The van der Waals surface area contributed by atoms with Crippen LogP contribution in [0.5, 0.6) is 0 Å². The quantitative estimate of drug-likeness (QED) is 0.446. The molecule has 1 heterocycles. The van der Waals surface area contributed by atoms with Crippen molar-refractivity contribution in [3.05, 3.63) is 70.5 Å². The molecule has 154 valence electrons. The average Bonchev–Trinajstić information content (AvgIpc) is 3.57. The molecular weight excluding hydrogens is 398 g/mol. The molecule has 7 heteroatoms. The number of benzene rings is 2. The Kier molecular flexibility index (Phi) is 5.99. The highest BCUT2D eigenvalue weighted by molar-refractivity contribution is 7.99. The molecule has 1 atom stereocenters. The molecule has 0 aliphatic heterocycles. The van der Waals surface area contributed by atoms with Crippen LogP contribution in [-0.2, 0) is 16.0 Å². The van der Waals surface area contributed by atoms with Crippen molar-refractivity contribution in [2.75, 3.05) is 5.75 Å². The standard InChI is InChI=1S/C23H23N3O3S/c1-15(27)20(13-16-7-3-2-4-8-16)24-21(28)14-30-23-25-19-10-6-5-9-18(19)22(29)26(23)17-11-12-17/h2-10,17,20H,11-14H2,1H3,(H,24,28)/t20-/m1/s1. The van der Waals surface area contributed by atoms with Crippen molar-refractivity contribution in [2.24, 2.45) is 0 Å². The lowest BCUT2D eigenvalue weighted by Gasteiger charge is -2.16. The predicted molar refractivity (Wildman–Crippen MR) is 118 cm³/mol. The largest absolute Gasteiger partial charge is 0.345 e. The molecule has 1 N–H and O–H groups in total. The maximum absolute atomic E-state index is 12.9. The van der Waals surface area contributed by atoms with Crippen LogP contribution >= 0.6 is 11.8 Å². The third kappa shape index (κ3) is 4.62. The second kappa shape index (κ2) is 8.83. The van der Waals surface area contributed by atoms with Gasteiger partial charge in [0.05, 0.1) is 22.7 Å². The molecule has 1 fully saturated rings. The van der Waals surface area contributed by atoms with Crippen LogP contribution in [0.4, 0.5) is 0 Å². The first-order valence-corrected chi connectivity index (χ1v) is 11.0. The number of carbonyl (C=O) groups excluding carboxylic acids is 2. The van der Waals surface area contributed by atoms with Crippen LogP contribution in [0.15, 0.2) is 64.5 Å². The van der Waals surface area contributed by atoms with Gasteiger partial charge in [-0.05, 0) is 43.9 Å². The number of rotatable bonds is 8. The third-order valence-corrected chi connectivity index (χ3v) is 6.08. The number of hydrogen-bond acceptors (Lipinski definition) is 5. The fourth-order valence-electron chi connectivity index (χ4n) is 3.39. The zero-order valence-electron chi connectivity index (χ0n) is 16.7. The smallest absolute Gasteiger partial charge is 0.262 e. The van der Waals surface area contributed by atoms with Crippen LogP contribution in [0, 0.1) is 0 Å². The predicted octanol–water partition coefficient (Wildman–Crippen LogP) is 3.14. The molecule has 0 spiro atoms. The summed E-state index contributed by atoms with van der Waals surface area (Å²) in [6.07, 6.45) is 2.35. The Morgan fingerprint density at radius 2 is 1.83 bits per heavy atom. The van der Waals surface area contributed by atoms with Gasteiger partial charge in [-0.2, -0.15) is 0 Å². The van der Waals surface area contributed by atoms with E-state index in [4.69, 9.17) is 0 Å². The van der Waals surface area contributed by atoms with E-state index < -0.39 is 6.04 Å². The molecule has 0 radical (unpaired) electrons. The molecule has 1 amide bonds. The first kappa shape index (κ1) is 20.3. The summed E-state index contributed by atoms with van der Waals surface area (Å²) < 4.78 is 1.71. The fraction of sp³-hybridized carbons (Fsp3) is 0.304. The molecule has 6 nitrogen and oxygen atoms in total. The minimum absolute atomic E-state index is 0.0586. The summed E-state index contributed by atoms with van der Waals surface area (Å²) >= 11 is 1.24. The van der Waals surface area contributed by atoms with Crippen LogP contribution in [0.25, 0.3) is 10.9 Å². The van der Waals surface area contributed by atoms with E-state index in [1.54, 1.807) is 10.6 Å². The summed E-state index contributed by atoms with van der Waals surface area (Å²) in [7, 11) is 0. The number of nitrogens with zero attached hydrogens (tertiary/aromatic N) is 2. The lowest BCUT2D eigenvalue weighted by molar-refractivity contribution is -0.125. The van der Waals surface area contributed by atoms with Gasteiger partial charge in [0.15, 0.2) is 10.9 Å². The first-order valence-electron chi connectivity index (χ1n) is 10.0. The Morgan fingerprint density at radius 1 is 1.13 bits per heavy atom. The number of Topliss-reactive ketones (excluding diaryl/α,β-unsaturated/α-hetero) is 1. The van der Waals surface area contributed by atoms with E-state index in [0.29, 0.717) is 22.5 Å². The van der Waals surface area contributed by atoms with Gasteiger partial charge in [0.25, 0.3) is 5.56 Å². The topological polar surface area (TPSA) is 81.1 Å². The number of aromatic nitrogens is 2. The first-order chi connectivity index (χ1) is 14.5. The summed E-state index contributed by atoms with van der Waals surface area (Å²) in [6.45, 7) is 1.48. The Morgan fingerprint density at radius 3 is 2.53 bits per heavy atom. The van der Waals surface area contributed by atoms with Gasteiger partial charge in [-0.3, -0.25) is 19.0 Å². The monoisotopic (exact) mass is 421 g/mol. The highest BCUT2D eigenvalue weighted by Gasteiger charge is 2.29. The second-order valence-electron chi connectivity index (χ2n) is 7.53. The van der Waals surface area contributed by atoms with E-state index in [0.717, 1.165) is 18.4 Å². The molecular formula is C23H23N3O3S. The number of ketones is 1. The number of amides is 1. The molecule has 1 saturated carbocycles. The maximum atomic E-state index is 12.9. The lowest BCUT2D eigenvalue weighted by atomic mass is 10.0. The molecule has 4 rings (SSSR count). The zero-order valence-corrected chi connectivity index (χ0v) is 17.5. The van der Waals surface area contributed by atoms with Crippen molar-refractivity contribution in [3.8, 4) is 0 Å². The number of para-hydroxylation sites is 1. The van der Waals surface area contributed by atoms with Gasteiger partial charge in [-0.15, -0.1) is 0 Å². The van der Waals surface area contributed by atoms with E-state index in [9.17, 15) is 14.4 Å². The van der Waals surface area contributed by atoms with Gasteiger partial charge in [-0.1, -0.05) is 54.2 Å². The third-order valence-electron chi connectivity index (χ3n) is 5.13. The molecule has 1 aromatic heterocycles. The zero-order chi connectivity index (χ0) is 21.1. The second-order valence-corrected chi connectivity index (χ2v) is 8.47. The summed E-state index contributed by atoms with van der Waals surface area (Å²) in [5.74, 6) is -0.243. The summed E-state index contributed by atoms with van der Waals surface area (Å²) in [4.78, 5) is 42.1. The number of carbonyl (C=O) groups is 2. The minimum Gasteiger partial charge on any atom is -0.345 e. The van der Waals surface area contributed by atoms with Crippen molar-refractivity contribution < 1.29 is 9.59 Å². The van der Waals surface area contributed by atoms with E-state index >= 15 is 0 Å².